The van der Waals surface area contributed by atoms with Crippen molar-refractivity contribution in [2.24, 2.45) is 11.7 Å². The second-order valence-corrected chi connectivity index (χ2v) is 6.28. The van der Waals surface area contributed by atoms with Crippen LogP contribution < -0.4 is 5.73 Å². The molecule has 0 radical (unpaired) electrons. The summed E-state index contributed by atoms with van der Waals surface area (Å²) in [5, 5.41) is 3.25. The van der Waals surface area contributed by atoms with Crippen LogP contribution >= 0.6 is 11.3 Å². The highest BCUT2D eigenvalue weighted by Gasteiger charge is 2.22. The van der Waals surface area contributed by atoms with Crippen LogP contribution in [-0.2, 0) is 11.2 Å². The number of nitrogens with two attached hydrogens (primary N) is 1. The summed E-state index contributed by atoms with van der Waals surface area (Å²) in [6.07, 6.45) is 3.16. The molecule has 0 bridgehead atoms. The summed E-state index contributed by atoms with van der Waals surface area (Å²) in [6, 6.07) is 10.4. The fourth-order valence-electron chi connectivity index (χ4n) is 2.62. The van der Waals surface area contributed by atoms with Gasteiger partial charge in [-0.05, 0) is 18.8 Å². The van der Waals surface area contributed by atoms with Crippen molar-refractivity contribution in [3.63, 3.8) is 0 Å². The van der Waals surface area contributed by atoms with E-state index < -0.39 is 0 Å². The van der Waals surface area contributed by atoms with Crippen molar-refractivity contribution in [2.45, 2.75) is 25.3 Å². The predicted molar refractivity (Wildman–Crippen MR) is 82.8 cm³/mol. The number of nitrogens with zero attached hydrogens (tertiary/aromatic N) is 1. The summed E-state index contributed by atoms with van der Waals surface area (Å²) in [4.78, 5) is 4.71. The lowest BCUT2D eigenvalue weighted by Gasteiger charge is -2.26. The molecule has 3 rings (SSSR count). The molecule has 1 aromatic heterocycles. The minimum Gasteiger partial charge on any atom is -0.381 e. The molecule has 0 saturated carbocycles. The summed E-state index contributed by atoms with van der Waals surface area (Å²) in [5.41, 5.74) is 8.54. The molecule has 0 aliphatic carbocycles. The topological polar surface area (TPSA) is 48.1 Å². The highest BCUT2D eigenvalue weighted by molar-refractivity contribution is 7.09. The minimum atomic E-state index is 0.157. The zero-order valence-electron chi connectivity index (χ0n) is 11.5. The Balaban J connectivity index is 1.65. The number of hydrogen-bond acceptors (Lipinski definition) is 4. The smallest absolute Gasteiger partial charge is 0.0948 e. The van der Waals surface area contributed by atoms with E-state index in [-0.39, 0.29) is 6.04 Å². The molecule has 106 valence electrons. The lowest BCUT2D eigenvalue weighted by Crippen LogP contribution is -2.37. The Hall–Kier alpha value is -1.23. The van der Waals surface area contributed by atoms with Gasteiger partial charge in [0.15, 0.2) is 0 Å². The molecule has 1 aliphatic rings. The molecule has 1 saturated heterocycles. The first-order valence-corrected chi connectivity index (χ1v) is 8.04. The van der Waals surface area contributed by atoms with Crippen LogP contribution in [0.1, 0.15) is 17.8 Å². The highest BCUT2D eigenvalue weighted by atomic mass is 32.1. The summed E-state index contributed by atoms with van der Waals surface area (Å²) in [5.74, 6) is 0.479. The van der Waals surface area contributed by atoms with E-state index >= 15 is 0 Å². The maximum absolute atomic E-state index is 6.32. The van der Waals surface area contributed by atoms with Crippen LogP contribution in [0.3, 0.4) is 0 Å². The first kappa shape index (κ1) is 13.7. The van der Waals surface area contributed by atoms with E-state index in [9.17, 15) is 0 Å². The second-order valence-electron chi connectivity index (χ2n) is 5.34. The van der Waals surface area contributed by atoms with Gasteiger partial charge >= 0.3 is 0 Å². The van der Waals surface area contributed by atoms with Crippen LogP contribution in [0.2, 0.25) is 0 Å². The molecule has 1 fully saturated rings. The van der Waals surface area contributed by atoms with Crippen molar-refractivity contribution in [2.75, 3.05) is 13.2 Å². The Morgan fingerprint density at radius 2 is 2.20 bits per heavy atom. The second kappa shape index (κ2) is 6.48. The van der Waals surface area contributed by atoms with Gasteiger partial charge in [0, 0.05) is 30.0 Å². The normalized spacial score (nSPS) is 20.8. The van der Waals surface area contributed by atoms with Crippen LogP contribution in [-0.4, -0.2) is 24.2 Å². The average molecular weight is 288 g/mol. The lowest BCUT2D eigenvalue weighted by molar-refractivity contribution is 0.0450. The lowest BCUT2D eigenvalue weighted by atomic mass is 9.92. The van der Waals surface area contributed by atoms with Crippen molar-refractivity contribution in [3.8, 4) is 11.3 Å². The maximum atomic E-state index is 6.32. The number of benzene rings is 1. The largest absolute Gasteiger partial charge is 0.381 e. The van der Waals surface area contributed by atoms with Crippen LogP contribution in [0.5, 0.6) is 0 Å². The quantitative estimate of drug-likeness (QED) is 0.940. The van der Waals surface area contributed by atoms with E-state index in [1.165, 1.54) is 12.0 Å². The highest BCUT2D eigenvalue weighted by Crippen LogP contribution is 2.24. The third kappa shape index (κ3) is 3.26. The zero-order valence-corrected chi connectivity index (χ0v) is 12.3. The van der Waals surface area contributed by atoms with Crippen LogP contribution in [0.15, 0.2) is 35.7 Å². The molecule has 2 unspecified atom stereocenters. The molecular formula is C16H20N2OS. The Morgan fingerprint density at radius 3 is 2.95 bits per heavy atom. The van der Waals surface area contributed by atoms with Gasteiger partial charge in [0.05, 0.1) is 17.3 Å². The number of hydrogen-bond donors (Lipinski definition) is 1. The van der Waals surface area contributed by atoms with E-state index in [0.717, 1.165) is 36.8 Å². The Morgan fingerprint density at radius 1 is 1.35 bits per heavy atom. The summed E-state index contributed by atoms with van der Waals surface area (Å²) >= 11 is 1.70. The van der Waals surface area contributed by atoms with Crippen LogP contribution in [0.25, 0.3) is 11.3 Å². The fraction of sp³-hybridized carbons (Fsp3) is 0.438. The first-order valence-electron chi connectivity index (χ1n) is 7.16. The molecule has 0 spiro atoms. The molecule has 1 aliphatic heterocycles. The molecule has 2 heterocycles. The van der Waals surface area contributed by atoms with Crippen molar-refractivity contribution >= 4 is 11.3 Å². The van der Waals surface area contributed by atoms with Crippen LogP contribution in [0, 0.1) is 5.92 Å². The van der Waals surface area contributed by atoms with E-state index in [0.29, 0.717) is 5.92 Å². The van der Waals surface area contributed by atoms with Gasteiger partial charge in [-0.1, -0.05) is 30.3 Å². The fourth-order valence-corrected chi connectivity index (χ4v) is 3.49. The monoisotopic (exact) mass is 288 g/mol. The Labute approximate surface area is 123 Å². The van der Waals surface area contributed by atoms with Gasteiger partial charge in [0.2, 0.25) is 0 Å². The standard InChI is InChI=1S/C16H20N2OS/c17-14(13-7-4-8-19-10-13)9-16-18-15(11-20-16)12-5-2-1-3-6-12/h1-3,5-6,11,13-14H,4,7-10,17H2. The van der Waals surface area contributed by atoms with E-state index in [1.54, 1.807) is 11.3 Å². The molecule has 1 aromatic carbocycles. The molecule has 4 heteroatoms. The number of rotatable bonds is 4. The Bertz CT molecular complexity index is 534. The molecular weight excluding hydrogens is 268 g/mol. The number of thiazole rings is 1. The summed E-state index contributed by atoms with van der Waals surface area (Å²) < 4.78 is 5.52. The molecule has 2 N–H and O–H groups in total. The van der Waals surface area contributed by atoms with Gasteiger partial charge < -0.3 is 10.5 Å². The van der Waals surface area contributed by atoms with E-state index in [4.69, 9.17) is 15.5 Å². The Kier molecular flexibility index (Phi) is 4.45. The van der Waals surface area contributed by atoms with Gasteiger partial charge in [-0.2, -0.15) is 0 Å². The average Bonchev–Trinajstić information content (AvgIpc) is 2.97. The van der Waals surface area contributed by atoms with Gasteiger partial charge in [0.25, 0.3) is 0 Å². The SMILES string of the molecule is NC(Cc1nc(-c2ccccc2)cs1)C1CCCOC1. The molecule has 3 nitrogen and oxygen atoms in total. The zero-order chi connectivity index (χ0) is 13.8. The summed E-state index contributed by atoms with van der Waals surface area (Å²) in [7, 11) is 0. The molecule has 2 aromatic rings. The minimum absolute atomic E-state index is 0.157. The predicted octanol–water partition coefficient (Wildman–Crippen LogP) is 3.11. The molecule has 2 atom stereocenters. The third-order valence-electron chi connectivity index (χ3n) is 3.83. The molecule has 0 amide bonds. The third-order valence-corrected chi connectivity index (χ3v) is 4.70. The van der Waals surface area contributed by atoms with E-state index in [2.05, 4.69) is 17.5 Å². The van der Waals surface area contributed by atoms with Crippen molar-refractivity contribution in [3.05, 3.63) is 40.7 Å². The number of ether oxygens (including phenoxy) is 1. The van der Waals surface area contributed by atoms with Gasteiger partial charge in [0.1, 0.15) is 0 Å². The maximum Gasteiger partial charge on any atom is 0.0948 e. The summed E-state index contributed by atoms with van der Waals surface area (Å²) in [6.45, 7) is 1.69. The molecule has 20 heavy (non-hydrogen) atoms. The van der Waals surface area contributed by atoms with Crippen molar-refractivity contribution in [1.82, 2.24) is 4.98 Å². The van der Waals surface area contributed by atoms with Gasteiger partial charge in [-0.3, -0.25) is 0 Å². The first-order chi connectivity index (χ1) is 9.83. The van der Waals surface area contributed by atoms with Crippen molar-refractivity contribution in [1.29, 1.82) is 0 Å². The van der Waals surface area contributed by atoms with E-state index in [1.807, 2.05) is 18.2 Å². The van der Waals surface area contributed by atoms with Gasteiger partial charge in [-0.25, -0.2) is 4.98 Å². The van der Waals surface area contributed by atoms with Crippen molar-refractivity contribution < 1.29 is 4.74 Å². The number of aromatic nitrogens is 1. The van der Waals surface area contributed by atoms with Gasteiger partial charge in [-0.15, -0.1) is 11.3 Å². The van der Waals surface area contributed by atoms with Crippen LogP contribution in [0.4, 0.5) is 0 Å².